The number of nitrogens with one attached hydrogen (secondary N) is 1. The number of rotatable bonds is 9. The lowest BCUT2D eigenvalue weighted by Gasteiger charge is -2.36. The van der Waals surface area contributed by atoms with Gasteiger partial charge in [-0.25, -0.2) is 18.4 Å². The molecule has 0 spiro atoms. The fraction of sp³-hybridized carbons (Fsp3) is 0.684. The van der Waals surface area contributed by atoms with Gasteiger partial charge in [-0.05, 0) is 26.8 Å². The van der Waals surface area contributed by atoms with Gasteiger partial charge in [-0.3, -0.25) is 0 Å². The number of ether oxygens (including phenoxy) is 2. The summed E-state index contributed by atoms with van der Waals surface area (Å²) >= 11 is 0. The van der Waals surface area contributed by atoms with E-state index in [0.717, 1.165) is 18.1 Å². The molecule has 1 aromatic rings. The van der Waals surface area contributed by atoms with Crippen LogP contribution in [0.15, 0.2) is 23.3 Å². The van der Waals surface area contributed by atoms with E-state index in [0.29, 0.717) is 38.6 Å². The molecule has 0 aromatic carbocycles. The van der Waals surface area contributed by atoms with Crippen LogP contribution in [0.4, 0.5) is 0 Å². The zero-order valence-electron chi connectivity index (χ0n) is 18.2. The van der Waals surface area contributed by atoms with Gasteiger partial charge < -0.3 is 19.7 Å². The number of hydrogen-bond acceptors (Lipinski definition) is 6. The van der Waals surface area contributed by atoms with Crippen molar-refractivity contribution < 1.29 is 17.9 Å². The van der Waals surface area contributed by atoms with E-state index < -0.39 is 10.0 Å². The number of pyridine rings is 1. The Labute approximate surface area is 197 Å². The van der Waals surface area contributed by atoms with Crippen LogP contribution in [0.2, 0.25) is 0 Å². The third-order valence-corrected chi connectivity index (χ3v) is 6.34. The van der Waals surface area contributed by atoms with Crippen molar-refractivity contribution in [1.29, 1.82) is 0 Å². The fourth-order valence-corrected chi connectivity index (χ4v) is 4.30. The van der Waals surface area contributed by atoms with E-state index in [1.54, 1.807) is 17.6 Å². The number of methoxy groups -OCH3 is 1. The van der Waals surface area contributed by atoms with Crippen LogP contribution >= 0.6 is 24.0 Å². The van der Waals surface area contributed by atoms with Crippen molar-refractivity contribution in [3.05, 3.63) is 23.9 Å². The second-order valence-electron chi connectivity index (χ2n) is 6.96. The molecule has 0 aliphatic carbocycles. The zero-order valence-corrected chi connectivity index (χ0v) is 21.4. The van der Waals surface area contributed by atoms with Crippen LogP contribution < -0.4 is 10.1 Å². The summed E-state index contributed by atoms with van der Waals surface area (Å²) < 4.78 is 37.2. The van der Waals surface area contributed by atoms with Gasteiger partial charge in [0, 0.05) is 44.5 Å². The Morgan fingerprint density at radius 2 is 2.00 bits per heavy atom. The molecular weight excluding hydrogens is 521 g/mol. The minimum absolute atomic E-state index is 0. The molecule has 0 amide bonds. The van der Waals surface area contributed by atoms with E-state index in [2.05, 4.69) is 15.2 Å². The van der Waals surface area contributed by atoms with Crippen LogP contribution in [-0.4, -0.2) is 86.9 Å². The number of aliphatic imine (C=N–C) groups is 1. The Morgan fingerprint density at radius 3 is 2.60 bits per heavy atom. The molecule has 1 fully saturated rings. The third kappa shape index (κ3) is 8.16. The first-order valence-corrected chi connectivity index (χ1v) is 11.6. The molecule has 0 radical (unpaired) electrons. The summed E-state index contributed by atoms with van der Waals surface area (Å²) in [6.45, 7) is 9.23. The van der Waals surface area contributed by atoms with Gasteiger partial charge in [0.25, 0.3) is 0 Å². The lowest BCUT2D eigenvalue weighted by molar-refractivity contribution is 0.0904. The van der Waals surface area contributed by atoms with Crippen LogP contribution in [0.25, 0.3) is 0 Å². The molecular formula is C19H34IN5O4S. The minimum Gasteiger partial charge on any atom is -0.481 e. The fourth-order valence-electron chi connectivity index (χ4n) is 3.01. The average molecular weight is 555 g/mol. The van der Waals surface area contributed by atoms with E-state index >= 15 is 0 Å². The maximum Gasteiger partial charge on any atom is 0.218 e. The molecule has 2 heterocycles. The first kappa shape index (κ1) is 26.9. The molecule has 0 bridgehead atoms. The molecule has 172 valence electrons. The highest BCUT2D eigenvalue weighted by atomic mass is 127. The van der Waals surface area contributed by atoms with Gasteiger partial charge in [0.15, 0.2) is 5.96 Å². The van der Waals surface area contributed by atoms with E-state index in [1.807, 2.05) is 32.9 Å². The quantitative estimate of drug-likeness (QED) is 0.281. The number of aromatic nitrogens is 1. The summed E-state index contributed by atoms with van der Waals surface area (Å²) in [7, 11) is -1.72. The Balaban J connectivity index is 0.00000450. The molecule has 0 saturated carbocycles. The Kier molecular flexibility index (Phi) is 11.9. The maximum absolute atomic E-state index is 12.5. The molecule has 30 heavy (non-hydrogen) atoms. The number of hydrogen-bond donors (Lipinski definition) is 1. The Hall–Kier alpha value is -1.18. The topological polar surface area (TPSA) is 96.4 Å². The van der Waals surface area contributed by atoms with Gasteiger partial charge in [-0.2, -0.15) is 4.31 Å². The molecule has 1 aromatic heterocycles. The van der Waals surface area contributed by atoms with E-state index in [4.69, 9.17) is 14.5 Å². The maximum atomic E-state index is 12.5. The highest BCUT2D eigenvalue weighted by Gasteiger charge is 2.28. The van der Waals surface area contributed by atoms with Gasteiger partial charge in [0.05, 0.1) is 32.1 Å². The van der Waals surface area contributed by atoms with E-state index in [9.17, 15) is 8.42 Å². The molecule has 1 N–H and O–H groups in total. The first-order chi connectivity index (χ1) is 13.9. The van der Waals surface area contributed by atoms with Gasteiger partial charge in [-0.1, -0.05) is 6.07 Å². The monoisotopic (exact) mass is 555 g/mol. The largest absolute Gasteiger partial charge is 0.481 e. The van der Waals surface area contributed by atoms with Crippen molar-refractivity contribution in [2.24, 2.45) is 4.99 Å². The Bertz CT molecular complexity index is 768. The molecule has 1 aliphatic heterocycles. The standard InChI is InChI=1S/C19H33N5O4S.HI/c1-5-20-19(22-15-17-7-6-8-21-18(17)27-4)23-9-11-24(12-10-23)29(25,26)14-13-28-16(2)3;/h6-8,16H,5,9-15H2,1-4H3,(H,20,22);1H. The summed E-state index contributed by atoms with van der Waals surface area (Å²) in [5, 5.41) is 3.29. The summed E-state index contributed by atoms with van der Waals surface area (Å²) in [6, 6.07) is 3.79. The van der Waals surface area contributed by atoms with Crippen molar-refractivity contribution in [1.82, 2.24) is 19.5 Å². The van der Waals surface area contributed by atoms with Gasteiger partial charge in [-0.15, -0.1) is 24.0 Å². The SMILES string of the molecule is CCNC(=NCc1cccnc1OC)N1CCN(S(=O)(=O)CCOC(C)C)CC1.I. The van der Waals surface area contributed by atoms with Crippen LogP contribution in [0.3, 0.4) is 0 Å². The van der Waals surface area contributed by atoms with E-state index in [1.165, 1.54) is 0 Å². The van der Waals surface area contributed by atoms with Crippen LogP contribution in [-0.2, 0) is 21.3 Å². The minimum atomic E-state index is -3.31. The molecule has 9 nitrogen and oxygen atoms in total. The lowest BCUT2D eigenvalue weighted by atomic mass is 10.3. The van der Waals surface area contributed by atoms with Crippen LogP contribution in [0.1, 0.15) is 26.3 Å². The number of halogens is 1. The average Bonchev–Trinajstić information content (AvgIpc) is 2.71. The predicted molar refractivity (Wildman–Crippen MR) is 129 cm³/mol. The molecule has 1 saturated heterocycles. The zero-order chi connectivity index (χ0) is 21.3. The predicted octanol–water partition coefficient (Wildman–Crippen LogP) is 1.55. The van der Waals surface area contributed by atoms with E-state index in [-0.39, 0.29) is 42.4 Å². The third-order valence-electron chi connectivity index (χ3n) is 4.50. The molecule has 11 heteroatoms. The highest BCUT2D eigenvalue weighted by molar-refractivity contribution is 14.0. The van der Waals surface area contributed by atoms with Crippen molar-refractivity contribution in [2.75, 3.05) is 52.2 Å². The number of sulfonamides is 1. The molecule has 2 rings (SSSR count). The number of piperazine rings is 1. The van der Waals surface area contributed by atoms with Gasteiger partial charge in [0.2, 0.25) is 15.9 Å². The van der Waals surface area contributed by atoms with Crippen LogP contribution in [0.5, 0.6) is 5.88 Å². The molecule has 0 atom stereocenters. The highest BCUT2D eigenvalue weighted by Crippen LogP contribution is 2.15. The summed E-state index contributed by atoms with van der Waals surface area (Å²) in [6.07, 6.45) is 1.71. The van der Waals surface area contributed by atoms with Gasteiger partial charge >= 0.3 is 0 Å². The van der Waals surface area contributed by atoms with Crippen LogP contribution in [0, 0.1) is 0 Å². The normalized spacial score (nSPS) is 15.8. The second-order valence-corrected chi connectivity index (χ2v) is 9.05. The lowest BCUT2D eigenvalue weighted by Crippen LogP contribution is -2.54. The smallest absolute Gasteiger partial charge is 0.218 e. The van der Waals surface area contributed by atoms with Crippen molar-refractivity contribution in [3.8, 4) is 5.88 Å². The Morgan fingerprint density at radius 1 is 1.30 bits per heavy atom. The van der Waals surface area contributed by atoms with Crippen molar-refractivity contribution in [3.63, 3.8) is 0 Å². The van der Waals surface area contributed by atoms with Crippen molar-refractivity contribution >= 4 is 40.0 Å². The van der Waals surface area contributed by atoms with Crippen molar-refractivity contribution in [2.45, 2.75) is 33.4 Å². The second kappa shape index (κ2) is 13.3. The number of guanidine groups is 1. The number of nitrogens with zero attached hydrogens (tertiary/aromatic N) is 4. The summed E-state index contributed by atoms with van der Waals surface area (Å²) in [5.74, 6) is 1.34. The van der Waals surface area contributed by atoms with Gasteiger partial charge in [0.1, 0.15) is 0 Å². The summed E-state index contributed by atoms with van der Waals surface area (Å²) in [4.78, 5) is 11.0. The molecule has 1 aliphatic rings. The molecule has 0 unspecified atom stereocenters. The first-order valence-electron chi connectivity index (χ1n) is 9.98. The summed E-state index contributed by atoms with van der Waals surface area (Å²) in [5.41, 5.74) is 0.900.